The minimum atomic E-state index is -0.749. The number of carbonyl (C=O) groups is 1. The molecule has 24 heavy (non-hydrogen) atoms. The summed E-state index contributed by atoms with van der Waals surface area (Å²) in [7, 11) is 1.49. The predicted octanol–water partition coefficient (Wildman–Crippen LogP) is 0.749. The number of nitrogens with one attached hydrogen (secondary N) is 1. The van der Waals surface area contributed by atoms with E-state index in [9.17, 15) is 14.7 Å². The number of amides is 1. The van der Waals surface area contributed by atoms with Gasteiger partial charge in [0.1, 0.15) is 18.7 Å². The molecule has 132 valence electrons. The molecule has 1 aromatic rings. The summed E-state index contributed by atoms with van der Waals surface area (Å²) in [4.78, 5) is 27.7. The van der Waals surface area contributed by atoms with E-state index < -0.39 is 24.1 Å². The van der Waals surface area contributed by atoms with Gasteiger partial charge < -0.3 is 19.3 Å². The highest BCUT2D eigenvalue weighted by atomic mass is 16.6. The number of aliphatic hydroxyl groups is 1. The maximum absolute atomic E-state index is 12.2. The number of carbonyl (C=O) groups excluding carboxylic acids is 1. The number of rotatable bonds is 6. The third-order valence-electron chi connectivity index (χ3n) is 3.61. The summed E-state index contributed by atoms with van der Waals surface area (Å²) in [6, 6.07) is 0. The van der Waals surface area contributed by atoms with E-state index in [4.69, 9.17) is 14.2 Å². The van der Waals surface area contributed by atoms with Gasteiger partial charge in [0.25, 0.3) is 0 Å². The van der Waals surface area contributed by atoms with Gasteiger partial charge in [0, 0.05) is 25.3 Å². The van der Waals surface area contributed by atoms with Gasteiger partial charge in [-0.05, 0) is 6.92 Å². The standard InChI is InChI=1S/C15H21N3O6/c1-4-10-8-18(12-7-11(19)9(2)24-12)14(20)16-13(10)17-15(21)23-6-5-22-3/h4,8-9,11-12,19H,1,5-7H2,2-3H3,(H,16,17,20,21). The largest absolute Gasteiger partial charge is 0.447 e. The van der Waals surface area contributed by atoms with Crippen molar-refractivity contribution >= 4 is 18.0 Å². The minimum absolute atomic E-state index is 0.0419. The highest BCUT2D eigenvalue weighted by Gasteiger charge is 2.32. The lowest BCUT2D eigenvalue weighted by Crippen LogP contribution is -2.29. The molecule has 2 rings (SSSR count). The zero-order valence-corrected chi connectivity index (χ0v) is 13.6. The lowest BCUT2D eigenvalue weighted by molar-refractivity contribution is -0.0100. The number of ether oxygens (including phenoxy) is 3. The fourth-order valence-corrected chi connectivity index (χ4v) is 2.26. The van der Waals surface area contributed by atoms with Crippen LogP contribution in [0.2, 0.25) is 0 Å². The summed E-state index contributed by atoms with van der Waals surface area (Å²) in [5.41, 5.74) is -0.185. The first-order valence-electron chi connectivity index (χ1n) is 7.48. The normalized spacial score (nSPS) is 23.0. The Morgan fingerprint density at radius 2 is 2.38 bits per heavy atom. The van der Waals surface area contributed by atoms with Gasteiger partial charge in [-0.15, -0.1) is 0 Å². The van der Waals surface area contributed by atoms with Gasteiger partial charge in [0.05, 0.1) is 18.8 Å². The maximum Gasteiger partial charge on any atom is 0.412 e. The Morgan fingerprint density at radius 3 is 2.96 bits per heavy atom. The molecule has 0 saturated carbocycles. The van der Waals surface area contributed by atoms with Crippen LogP contribution < -0.4 is 11.0 Å². The van der Waals surface area contributed by atoms with Crippen molar-refractivity contribution in [3.63, 3.8) is 0 Å². The third-order valence-corrected chi connectivity index (χ3v) is 3.61. The summed E-state index contributed by atoms with van der Waals surface area (Å²) in [5, 5.41) is 12.2. The van der Waals surface area contributed by atoms with E-state index >= 15 is 0 Å². The van der Waals surface area contributed by atoms with E-state index in [1.807, 2.05) is 0 Å². The molecular weight excluding hydrogens is 318 g/mol. The second-order valence-electron chi connectivity index (χ2n) is 5.29. The van der Waals surface area contributed by atoms with Crippen LogP contribution in [-0.2, 0) is 14.2 Å². The maximum atomic E-state index is 12.2. The van der Waals surface area contributed by atoms with Crippen LogP contribution in [-0.4, -0.2) is 53.3 Å². The molecule has 1 aromatic heterocycles. The zero-order valence-electron chi connectivity index (χ0n) is 13.6. The van der Waals surface area contributed by atoms with Crippen molar-refractivity contribution in [1.82, 2.24) is 9.55 Å². The SMILES string of the molecule is C=Cc1cn(C2CC(O)C(C)O2)c(=O)nc1NC(=O)OCCOC. The molecule has 1 aliphatic heterocycles. The van der Waals surface area contributed by atoms with Crippen molar-refractivity contribution in [3.8, 4) is 0 Å². The molecular formula is C15H21N3O6. The predicted molar refractivity (Wildman–Crippen MR) is 85.6 cm³/mol. The smallest absolute Gasteiger partial charge is 0.412 e. The summed E-state index contributed by atoms with van der Waals surface area (Å²) in [6.07, 6.45) is 0.818. The Hall–Kier alpha value is -2.23. The topological polar surface area (TPSA) is 112 Å². The van der Waals surface area contributed by atoms with E-state index in [1.165, 1.54) is 23.9 Å². The van der Waals surface area contributed by atoms with Crippen LogP contribution in [0.3, 0.4) is 0 Å². The summed E-state index contributed by atoms with van der Waals surface area (Å²) >= 11 is 0. The van der Waals surface area contributed by atoms with Gasteiger partial charge >= 0.3 is 11.8 Å². The lowest BCUT2D eigenvalue weighted by atomic mass is 10.2. The average Bonchev–Trinajstić information content (AvgIpc) is 2.87. The number of methoxy groups -OCH3 is 1. The average molecular weight is 339 g/mol. The van der Waals surface area contributed by atoms with Crippen LogP contribution in [0.1, 0.15) is 25.1 Å². The van der Waals surface area contributed by atoms with Crippen molar-refractivity contribution in [1.29, 1.82) is 0 Å². The molecule has 9 heteroatoms. The Kier molecular flexibility index (Phi) is 6.07. The number of anilines is 1. The summed E-state index contributed by atoms with van der Waals surface area (Å²) in [5.74, 6) is 0.0419. The quantitative estimate of drug-likeness (QED) is 0.735. The molecule has 1 aliphatic rings. The second kappa shape index (κ2) is 8.04. The number of aliphatic hydroxyl groups excluding tert-OH is 1. The highest BCUT2D eigenvalue weighted by molar-refractivity contribution is 5.85. The molecule has 9 nitrogen and oxygen atoms in total. The Bertz CT molecular complexity index is 649. The molecule has 1 amide bonds. The summed E-state index contributed by atoms with van der Waals surface area (Å²) in [6.45, 7) is 5.71. The van der Waals surface area contributed by atoms with Crippen molar-refractivity contribution < 1.29 is 24.1 Å². The lowest BCUT2D eigenvalue weighted by Gasteiger charge is -2.16. The van der Waals surface area contributed by atoms with Crippen molar-refractivity contribution in [2.24, 2.45) is 0 Å². The number of hydrogen-bond donors (Lipinski definition) is 2. The molecule has 3 atom stereocenters. The Labute approximate surface area is 138 Å². The fraction of sp³-hybridized carbons (Fsp3) is 0.533. The van der Waals surface area contributed by atoms with Gasteiger partial charge in [0.2, 0.25) is 0 Å². The van der Waals surface area contributed by atoms with Crippen molar-refractivity contribution in [2.75, 3.05) is 25.6 Å². The van der Waals surface area contributed by atoms with E-state index in [0.717, 1.165) is 0 Å². The molecule has 0 aromatic carbocycles. The van der Waals surface area contributed by atoms with Crippen molar-refractivity contribution in [3.05, 3.63) is 28.8 Å². The minimum Gasteiger partial charge on any atom is -0.447 e. The zero-order chi connectivity index (χ0) is 17.7. The molecule has 0 aliphatic carbocycles. The first-order valence-corrected chi connectivity index (χ1v) is 7.48. The van der Waals surface area contributed by atoms with Crippen LogP contribution in [0.25, 0.3) is 6.08 Å². The molecule has 2 heterocycles. The number of hydrogen-bond acceptors (Lipinski definition) is 7. The molecule has 0 radical (unpaired) electrons. The Balaban J connectivity index is 2.17. The Morgan fingerprint density at radius 1 is 1.62 bits per heavy atom. The highest BCUT2D eigenvalue weighted by Crippen LogP contribution is 2.28. The van der Waals surface area contributed by atoms with Crippen molar-refractivity contribution in [2.45, 2.75) is 31.8 Å². The van der Waals surface area contributed by atoms with Gasteiger partial charge in [-0.3, -0.25) is 9.88 Å². The van der Waals surface area contributed by atoms with E-state index in [1.54, 1.807) is 6.92 Å². The van der Waals surface area contributed by atoms with E-state index in [2.05, 4.69) is 16.9 Å². The van der Waals surface area contributed by atoms with Crippen LogP contribution in [0.15, 0.2) is 17.6 Å². The first kappa shape index (κ1) is 18.1. The fourth-order valence-electron chi connectivity index (χ4n) is 2.26. The molecule has 1 fully saturated rings. The first-order chi connectivity index (χ1) is 11.5. The monoisotopic (exact) mass is 339 g/mol. The van der Waals surface area contributed by atoms with Crippen LogP contribution in [0.5, 0.6) is 0 Å². The number of aromatic nitrogens is 2. The second-order valence-corrected chi connectivity index (χ2v) is 5.29. The molecule has 2 N–H and O–H groups in total. The molecule has 0 spiro atoms. The van der Waals surface area contributed by atoms with Gasteiger partial charge in [-0.1, -0.05) is 12.7 Å². The van der Waals surface area contributed by atoms with Crippen LogP contribution in [0, 0.1) is 0 Å². The van der Waals surface area contributed by atoms with E-state index in [0.29, 0.717) is 5.56 Å². The molecule has 0 bridgehead atoms. The van der Waals surface area contributed by atoms with E-state index in [-0.39, 0.29) is 31.6 Å². The molecule has 1 saturated heterocycles. The van der Waals surface area contributed by atoms with Gasteiger partial charge in [0.15, 0.2) is 0 Å². The van der Waals surface area contributed by atoms with Crippen LogP contribution >= 0.6 is 0 Å². The molecule has 3 unspecified atom stereocenters. The van der Waals surface area contributed by atoms with Gasteiger partial charge in [-0.2, -0.15) is 4.98 Å². The van der Waals surface area contributed by atoms with Gasteiger partial charge in [-0.25, -0.2) is 9.59 Å². The third kappa shape index (κ3) is 4.19. The van der Waals surface area contributed by atoms with Crippen LogP contribution in [0.4, 0.5) is 10.6 Å². The summed E-state index contributed by atoms with van der Waals surface area (Å²) < 4.78 is 16.4. The number of nitrogens with zero attached hydrogens (tertiary/aromatic N) is 2.